The summed E-state index contributed by atoms with van der Waals surface area (Å²) in [4.78, 5) is 11.6. The lowest BCUT2D eigenvalue weighted by molar-refractivity contribution is 0.0600. The Hall–Kier alpha value is -1.29. The van der Waals surface area contributed by atoms with Crippen molar-refractivity contribution in [1.82, 2.24) is 0 Å². The van der Waals surface area contributed by atoms with Crippen LogP contribution < -0.4 is 4.43 Å². The summed E-state index contributed by atoms with van der Waals surface area (Å²) >= 11 is 0. The van der Waals surface area contributed by atoms with E-state index in [1.807, 2.05) is 13.0 Å². The van der Waals surface area contributed by atoms with Crippen LogP contribution >= 0.6 is 0 Å². The number of hydrogen-bond acceptors (Lipinski definition) is 3. The first-order valence-electron chi connectivity index (χ1n) is 6.46. The van der Waals surface area contributed by atoms with Crippen molar-refractivity contribution in [2.24, 2.45) is 0 Å². The Labute approximate surface area is 117 Å². The van der Waals surface area contributed by atoms with Gasteiger partial charge in [-0.15, -0.1) is 0 Å². The van der Waals surface area contributed by atoms with E-state index in [1.165, 1.54) is 7.11 Å². The van der Waals surface area contributed by atoms with Crippen molar-refractivity contribution in [1.29, 1.82) is 0 Å². The van der Waals surface area contributed by atoms with Gasteiger partial charge in [0.15, 0.2) is 0 Å². The lowest BCUT2D eigenvalue weighted by Crippen LogP contribution is -2.44. The summed E-state index contributed by atoms with van der Waals surface area (Å²) < 4.78 is 11.0. The maximum Gasteiger partial charge on any atom is 0.337 e. The maximum atomic E-state index is 11.6. The largest absolute Gasteiger partial charge is 0.543 e. The number of benzene rings is 1. The second-order valence-electron chi connectivity index (χ2n) is 6.33. The highest BCUT2D eigenvalue weighted by Crippen LogP contribution is 2.38. The van der Waals surface area contributed by atoms with Gasteiger partial charge in [-0.25, -0.2) is 4.79 Å². The molecule has 1 aromatic rings. The standard InChI is InChI=1S/C15H24O3Si/c1-11-8-9-12(14(16)17-5)10-13(11)18-19(6,7)15(2,3)4/h8-10H,1-7H3. The van der Waals surface area contributed by atoms with Crippen LogP contribution in [-0.4, -0.2) is 21.4 Å². The molecule has 0 saturated carbocycles. The molecule has 0 aliphatic carbocycles. The van der Waals surface area contributed by atoms with Gasteiger partial charge in [0, 0.05) is 0 Å². The van der Waals surface area contributed by atoms with Crippen molar-refractivity contribution >= 4 is 14.3 Å². The zero-order chi connectivity index (χ0) is 14.8. The smallest absolute Gasteiger partial charge is 0.337 e. The summed E-state index contributed by atoms with van der Waals surface area (Å²) in [6, 6.07) is 5.44. The van der Waals surface area contributed by atoms with Gasteiger partial charge < -0.3 is 9.16 Å². The van der Waals surface area contributed by atoms with Crippen molar-refractivity contribution in [3.8, 4) is 5.75 Å². The van der Waals surface area contributed by atoms with Crippen LogP contribution in [0.2, 0.25) is 18.1 Å². The minimum Gasteiger partial charge on any atom is -0.543 e. The van der Waals surface area contributed by atoms with Crippen LogP contribution in [0.3, 0.4) is 0 Å². The Morgan fingerprint density at radius 2 is 1.79 bits per heavy atom. The number of esters is 1. The first-order valence-corrected chi connectivity index (χ1v) is 9.37. The Bertz CT molecular complexity index is 473. The van der Waals surface area contributed by atoms with E-state index >= 15 is 0 Å². The summed E-state index contributed by atoms with van der Waals surface area (Å²) in [6.45, 7) is 13.0. The zero-order valence-electron chi connectivity index (χ0n) is 13.0. The molecule has 1 rings (SSSR count). The number of methoxy groups -OCH3 is 1. The molecule has 106 valence electrons. The molecule has 0 N–H and O–H groups in total. The molecule has 0 aromatic heterocycles. The number of ether oxygens (including phenoxy) is 1. The molecule has 0 unspecified atom stereocenters. The molecule has 0 aliphatic heterocycles. The number of carbonyl (C=O) groups is 1. The Morgan fingerprint density at radius 3 is 2.26 bits per heavy atom. The zero-order valence-corrected chi connectivity index (χ0v) is 14.0. The predicted molar refractivity (Wildman–Crippen MR) is 80.3 cm³/mol. The fourth-order valence-corrected chi connectivity index (χ4v) is 2.46. The molecule has 0 aliphatic rings. The SMILES string of the molecule is COC(=O)c1ccc(C)c(O[Si](C)(C)C(C)(C)C)c1. The minimum absolute atomic E-state index is 0.126. The van der Waals surface area contributed by atoms with E-state index < -0.39 is 8.32 Å². The molecule has 0 bridgehead atoms. The molecule has 1 aromatic carbocycles. The fraction of sp³-hybridized carbons (Fsp3) is 0.533. The van der Waals surface area contributed by atoms with Crippen LogP contribution in [0.1, 0.15) is 36.7 Å². The highest BCUT2D eigenvalue weighted by Gasteiger charge is 2.39. The molecule has 0 radical (unpaired) electrons. The number of rotatable bonds is 3. The summed E-state index contributed by atoms with van der Waals surface area (Å²) in [5.41, 5.74) is 1.57. The second-order valence-corrected chi connectivity index (χ2v) is 11.1. The summed E-state index contributed by atoms with van der Waals surface area (Å²) in [5.74, 6) is 0.453. The molecule has 0 saturated heterocycles. The highest BCUT2D eigenvalue weighted by atomic mass is 28.4. The third kappa shape index (κ3) is 3.59. The van der Waals surface area contributed by atoms with E-state index in [2.05, 4.69) is 33.9 Å². The minimum atomic E-state index is -1.90. The van der Waals surface area contributed by atoms with Gasteiger partial charge in [0.1, 0.15) is 5.75 Å². The van der Waals surface area contributed by atoms with Gasteiger partial charge in [-0.05, 0) is 42.8 Å². The average Bonchev–Trinajstić information content (AvgIpc) is 2.29. The van der Waals surface area contributed by atoms with E-state index in [4.69, 9.17) is 9.16 Å². The normalized spacial score (nSPS) is 12.2. The number of aryl methyl sites for hydroxylation is 1. The number of hydrogen-bond donors (Lipinski definition) is 0. The van der Waals surface area contributed by atoms with Crippen LogP contribution in [0, 0.1) is 6.92 Å². The third-order valence-electron chi connectivity index (χ3n) is 3.78. The average molecular weight is 280 g/mol. The number of carbonyl (C=O) groups excluding carboxylic acids is 1. The molecular weight excluding hydrogens is 256 g/mol. The van der Waals surface area contributed by atoms with Gasteiger partial charge in [-0.2, -0.15) is 0 Å². The molecule has 4 heteroatoms. The van der Waals surface area contributed by atoms with Crippen LogP contribution in [0.4, 0.5) is 0 Å². The van der Waals surface area contributed by atoms with Crippen LogP contribution in [0.5, 0.6) is 5.75 Å². The van der Waals surface area contributed by atoms with E-state index in [0.717, 1.165) is 11.3 Å². The van der Waals surface area contributed by atoms with Crippen molar-refractivity contribution in [2.45, 2.75) is 45.8 Å². The monoisotopic (exact) mass is 280 g/mol. The topological polar surface area (TPSA) is 35.5 Å². The quantitative estimate of drug-likeness (QED) is 0.616. The maximum absolute atomic E-state index is 11.6. The van der Waals surface area contributed by atoms with Crippen LogP contribution in [-0.2, 0) is 4.74 Å². The van der Waals surface area contributed by atoms with Gasteiger partial charge in [0.2, 0.25) is 8.32 Å². The molecule has 3 nitrogen and oxygen atoms in total. The van der Waals surface area contributed by atoms with Crippen LogP contribution in [0.25, 0.3) is 0 Å². The molecule has 0 heterocycles. The molecule has 0 amide bonds. The second kappa shape index (κ2) is 5.37. The summed E-state index contributed by atoms with van der Waals surface area (Å²) in [5, 5.41) is 0.126. The Morgan fingerprint density at radius 1 is 1.21 bits per heavy atom. The van der Waals surface area contributed by atoms with Crippen molar-refractivity contribution in [2.75, 3.05) is 7.11 Å². The molecule has 0 fully saturated rings. The van der Waals surface area contributed by atoms with Gasteiger partial charge in [0.05, 0.1) is 12.7 Å². The van der Waals surface area contributed by atoms with Gasteiger partial charge >= 0.3 is 5.97 Å². The molecular formula is C15H24O3Si. The van der Waals surface area contributed by atoms with Crippen molar-refractivity contribution in [3.05, 3.63) is 29.3 Å². The van der Waals surface area contributed by atoms with E-state index in [-0.39, 0.29) is 11.0 Å². The lowest BCUT2D eigenvalue weighted by Gasteiger charge is -2.37. The van der Waals surface area contributed by atoms with Gasteiger partial charge in [-0.3, -0.25) is 0 Å². The highest BCUT2D eigenvalue weighted by molar-refractivity contribution is 6.74. The predicted octanol–water partition coefficient (Wildman–Crippen LogP) is 4.17. The third-order valence-corrected chi connectivity index (χ3v) is 8.12. The Kier molecular flexibility index (Phi) is 4.45. The fourth-order valence-electron chi connectivity index (χ4n) is 1.38. The van der Waals surface area contributed by atoms with Gasteiger partial charge in [0.25, 0.3) is 0 Å². The molecule has 0 atom stereocenters. The van der Waals surface area contributed by atoms with Gasteiger partial charge in [-0.1, -0.05) is 26.8 Å². The van der Waals surface area contributed by atoms with E-state index in [0.29, 0.717) is 5.56 Å². The van der Waals surface area contributed by atoms with E-state index in [1.54, 1.807) is 12.1 Å². The van der Waals surface area contributed by atoms with Crippen molar-refractivity contribution < 1.29 is 14.0 Å². The Balaban J connectivity index is 3.11. The van der Waals surface area contributed by atoms with Crippen molar-refractivity contribution in [3.63, 3.8) is 0 Å². The lowest BCUT2D eigenvalue weighted by atomic mass is 10.1. The first-order chi connectivity index (χ1) is 8.58. The van der Waals surface area contributed by atoms with Crippen LogP contribution in [0.15, 0.2) is 18.2 Å². The van der Waals surface area contributed by atoms with E-state index in [9.17, 15) is 4.79 Å². The molecule has 0 spiro atoms. The summed E-state index contributed by atoms with van der Waals surface area (Å²) in [7, 11) is -0.512. The summed E-state index contributed by atoms with van der Waals surface area (Å²) in [6.07, 6.45) is 0. The first kappa shape index (κ1) is 15.8. The molecule has 19 heavy (non-hydrogen) atoms.